The lowest BCUT2D eigenvalue weighted by Crippen LogP contribution is -2.38. The smallest absolute Gasteiger partial charge is 0.243 e. The highest BCUT2D eigenvalue weighted by molar-refractivity contribution is 7.89. The summed E-state index contributed by atoms with van der Waals surface area (Å²) in [4.78, 5) is 0.227. The molecule has 0 aliphatic carbocycles. The van der Waals surface area contributed by atoms with Crippen LogP contribution in [0.25, 0.3) is 0 Å². The molecule has 0 atom stereocenters. The molecule has 0 saturated carbocycles. The number of nitrogens with zero attached hydrogens (tertiary/aromatic N) is 1. The predicted molar refractivity (Wildman–Crippen MR) is 82.3 cm³/mol. The van der Waals surface area contributed by atoms with Crippen molar-refractivity contribution in [3.8, 4) is 0 Å². The lowest BCUT2D eigenvalue weighted by atomic mass is 9.94. The van der Waals surface area contributed by atoms with E-state index in [2.05, 4.69) is 6.92 Å². The van der Waals surface area contributed by atoms with E-state index < -0.39 is 10.0 Å². The Morgan fingerprint density at radius 2 is 2.00 bits per heavy atom. The third kappa shape index (κ3) is 3.27. The van der Waals surface area contributed by atoms with Crippen LogP contribution >= 0.6 is 11.6 Å². The summed E-state index contributed by atoms with van der Waals surface area (Å²) in [5, 5.41) is 0.284. The first-order valence-corrected chi connectivity index (χ1v) is 8.82. The SMILES string of the molecule is CCCC1CCN(S(=O)(=O)c2ccc(N)c(Cl)c2)CC1. The summed E-state index contributed by atoms with van der Waals surface area (Å²) in [5.74, 6) is 0.654. The molecule has 1 aromatic rings. The molecule has 4 nitrogen and oxygen atoms in total. The fourth-order valence-electron chi connectivity index (χ4n) is 2.66. The third-order valence-electron chi connectivity index (χ3n) is 3.88. The van der Waals surface area contributed by atoms with Crippen LogP contribution in [0.2, 0.25) is 5.02 Å². The van der Waals surface area contributed by atoms with Crippen molar-refractivity contribution in [2.24, 2.45) is 5.92 Å². The van der Waals surface area contributed by atoms with E-state index in [9.17, 15) is 8.42 Å². The molecular weight excluding hydrogens is 296 g/mol. The van der Waals surface area contributed by atoms with Crippen LogP contribution in [0.3, 0.4) is 0 Å². The summed E-state index contributed by atoms with van der Waals surface area (Å²) in [6.07, 6.45) is 4.22. The number of nitrogen functional groups attached to an aromatic ring is 1. The topological polar surface area (TPSA) is 63.4 Å². The van der Waals surface area contributed by atoms with Gasteiger partial charge >= 0.3 is 0 Å². The Labute approximate surface area is 126 Å². The predicted octanol–water partition coefficient (Wildman–Crippen LogP) is 3.12. The van der Waals surface area contributed by atoms with Gasteiger partial charge in [-0.25, -0.2) is 8.42 Å². The van der Waals surface area contributed by atoms with E-state index in [0.29, 0.717) is 24.7 Å². The monoisotopic (exact) mass is 316 g/mol. The molecular formula is C14H21ClN2O2S. The van der Waals surface area contributed by atoms with Gasteiger partial charge in [0.15, 0.2) is 0 Å². The lowest BCUT2D eigenvalue weighted by Gasteiger charge is -2.31. The lowest BCUT2D eigenvalue weighted by molar-refractivity contribution is 0.262. The van der Waals surface area contributed by atoms with Gasteiger partial charge in [0, 0.05) is 13.1 Å². The van der Waals surface area contributed by atoms with Crippen molar-refractivity contribution in [3.05, 3.63) is 23.2 Å². The van der Waals surface area contributed by atoms with Crippen molar-refractivity contribution in [3.63, 3.8) is 0 Å². The summed E-state index contributed by atoms with van der Waals surface area (Å²) < 4.78 is 26.6. The molecule has 0 spiro atoms. The van der Waals surface area contributed by atoms with E-state index in [4.69, 9.17) is 17.3 Å². The first-order chi connectivity index (χ1) is 9.45. The number of nitrogens with two attached hydrogens (primary N) is 1. The van der Waals surface area contributed by atoms with E-state index in [0.717, 1.165) is 19.3 Å². The molecule has 2 N–H and O–H groups in total. The summed E-state index contributed by atoms with van der Waals surface area (Å²) in [6, 6.07) is 4.50. The Morgan fingerprint density at radius 1 is 1.35 bits per heavy atom. The Morgan fingerprint density at radius 3 is 2.55 bits per heavy atom. The van der Waals surface area contributed by atoms with E-state index >= 15 is 0 Å². The second-order valence-electron chi connectivity index (χ2n) is 5.32. The van der Waals surface area contributed by atoms with Gasteiger partial charge in [0.05, 0.1) is 15.6 Å². The van der Waals surface area contributed by atoms with Crippen LogP contribution in [0.5, 0.6) is 0 Å². The van der Waals surface area contributed by atoms with E-state index in [1.54, 1.807) is 10.4 Å². The van der Waals surface area contributed by atoms with Gasteiger partial charge in [0.1, 0.15) is 0 Å². The van der Waals surface area contributed by atoms with Gasteiger partial charge in [-0.3, -0.25) is 0 Å². The maximum Gasteiger partial charge on any atom is 0.243 e. The largest absolute Gasteiger partial charge is 0.398 e. The van der Waals surface area contributed by atoms with Crippen LogP contribution in [0.1, 0.15) is 32.6 Å². The van der Waals surface area contributed by atoms with Crippen LogP contribution < -0.4 is 5.73 Å². The van der Waals surface area contributed by atoms with Crippen LogP contribution in [0.15, 0.2) is 23.1 Å². The van der Waals surface area contributed by atoms with E-state index in [1.165, 1.54) is 18.6 Å². The quantitative estimate of drug-likeness (QED) is 0.868. The number of piperidine rings is 1. The summed E-state index contributed by atoms with van der Waals surface area (Å²) >= 11 is 5.92. The Hall–Kier alpha value is -0.780. The molecule has 2 rings (SSSR count). The van der Waals surface area contributed by atoms with Crippen molar-refractivity contribution in [1.82, 2.24) is 4.31 Å². The molecule has 1 saturated heterocycles. The summed E-state index contributed by atoms with van der Waals surface area (Å²) in [6.45, 7) is 3.35. The van der Waals surface area contributed by atoms with Gasteiger partial charge in [-0.05, 0) is 37.0 Å². The molecule has 20 heavy (non-hydrogen) atoms. The van der Waals surface area contributed by atoms with Crippen molar-refractivity contribution >= 4 is 27.3 Å². The number of halogens is 1. The second kappa shape index (κ2) is 6.33. The Bertz CT molecular complexity index is 567. The number of anilines is 1. The van der Waals surface area contributed by atoms with Crippen molar-refractivity contribution < 1.29 is 8.42 Å². The van der Waals surface area contributed by atoms with E-state index in [1.807, 2.05) is 0 Å². The molecule has 1 aliphatic heterocycles. The fourth-order valence-corrected chi connectivity index (χ4v) is 4.41. The molecule has 1 aliphatic rings. The fraction of sp³-hybridized carbons (Fsp3) is 0.571. The van der Waals surface area contributed by atoms with Gasteiger partial charge in [-0.2, -0.15) is 4.31 Å². The average Bonchev–Trinajstić information content (AvgIpc) is 2.43. The Balaban J connectivity index is 2.13. The number of rotatable bonds is 4. The minimum Gasteiger partial charge on any atom is -0.398 e. The standard InChI is InChI=1S/C14H21ClN2O2S/c1-2-3-11-6-8-17(9-7-11)20(18,19)12-4-5-14(16)13(15)10-12/h4-5,10-11H,2-3,6-9,16H2,1H3. The maximum absolute atomic E-state index is 12.5. The van der Waals surface area contributed by atoms with Crippen molar-refractivity contribution in [2.45, 2.75) is 37.5 Å². The highest BCUT2D eigenvalue weighted by Crippen LogP contribution is 2.28. The summed E-state index contributed by atoms with van der Waals surface area (Å²) in [7, 11) is -3.45. The first-order valence-electron chi connectivity index (χ1n) is 7.00. The van der Waals surface area contributed by atoms with Gasteiger partial charge in [-0.1, -0.05) is 31.4 Å². The van der Waals surface area contributed by atoms with Crippen LogP contribution in [0.4, 0.5) is 5.69 Å². The third-order valence-corrected chi connectivity index (χ3v) is 6.10. The first kappa shape index (κ1) is 15.6. The zero-order valence-corrected chi connectivity index (χ0v) is 13.3. The van der Waals surface area contributed by atoms with Gasteiger partial charge in [-0.15, -0.1) is 0 Å². The molecule has 0 amide bonds. The molecule has 0 aromatic heterocycles. The number of benzene rings is 1. The van der Waals surface area contributed by atoms with Crippen molar-refractivity contribution in [1.29, 1.82) is 0 Å². The molecule has 1 heterocycles. The van der Waals surface area contributed by atoms with Gasteiger partial charge in [0.2, 0.25) is 10.0 Å². The highest BCUT2D eigenvalue weighted by Gasteiger charge is 2.29. The van der Waals surface area contributed by atoms with Crippen LogP contribution in [0, 0.1) is 5.92 Å². The highest BCUT2D eigenvalue weighted by atomic mass is 35.5. The molecule has 0 unspecified atom stereocenters. The molecule has 0 bridgehead atoms. The molecule has 1 fully saturated rings. The van der Waals surface area contributed by atoms with Crippen molar-refractivity contribution in [2.75, 3.05) is 18.8 Å². The average molecular weight is 317 g/mol. The molecule has 6 heteroatoms. The van der Waals surface area contributed by atoms with Crippen LogP contribution in [-0.2, 0) is 10.0 Å². The number of hydrogen-bond acceptors (Lipinski definition) is 3. The van der Waals surface area contributed by atoms with Gasteiger partial charge in [0.25, 0.3) is 0 Å². The molecule has 112 valence electrons. The number of sulfonamides is 1. The zero-order valence-electron chi connectivity index (χ0n) is 11.7. The zero-order chi connectivity index (χ0) is 14.8. The van der Waals surface area contributed by atoms with Crippen LogP contribution in [-0.4, -0.2) is 25.8 Å². The normalized spacial score (nSPS) is 18.3. The van der Waals surface area contributed by atoms with Gasteiger partial charge < -0.3 is 5.73 Å². The summed E-state index contributed by atoms with van der Waals surface area (Å²) in [5.41, 5.74) is 6.02. The molecule has 1 aromatic carbocycles. The Kier molecular flexibility index (Phi) is 4.94. The maximum atomic E-state index is 12.5. The second-order valence-corrected chi connectivity index (χ2v) is 7.66. The minimum absolute atomic E-state index is 0.227. The molecule has 0 radical (unpaired) electrons. The number of hydrogen-bond donors (Lipinski definition) is 1. The minimum atomic E-state index is -3.45. The van der Waals surface area contributed by atoms with E-state index in [-0.39, 0.29) is 9.92 Å².